The number of fused-ring (bicyclic) bond motifs is 1. The molecule has 178 valence electrons. The zero-order valence-corrected chi connectivity index (χ0v) is 20.3. The summed E-state index contributed by atoms with van der Waals surface area (Å²) in [6.45, 7) is 7.20. The molecule has 0 aliphatic heterocycles. The van der Waals surface area contributed by atoms with Crippen LogP contribution < -0.4 is 15.8 Å². The molecule has 0 fully saturated rings. The van der Waals surface area contributed by atoms with Gasteiger partial charge >= 0.3 is 0 Å². The minimum Gasteiger partial charge on any atom is -0.324 e. The van der Waals surface area contributed by atoms with Crippen molar-refractivity contribution in [1.82, 2.24) is 9.55 Å². The lowest BCUT2D eigenvalue weighted by Crippen LogP contribution is -2.39. The van der Waals surface area contributed by atoms with Gasteiger partial charge in [0.25, 0.3) is 5.56 Å². The van der Waals surface area contributed by atoms with Gasteiger partial charge in [0, 0.05) is 12.6 Å². The summed E-state index contributed by atoms with van der Waals surface area (Å²) in [5.41, 5.74) is 4.18. The molecule has 1 unspecified atom stereocenters. The second-order valence-corrected chi connectivity index (χ2v) is 8.66. The van der Waals surface area contributed by atoms with Gasteiger partial charge in [0.2, 0.25) is 17.6 Å². The molecule has 0 spiro atoms. The van der Waals surface area contributed by atoms with Crippen molar-refractivity contribution in [3.05, 3.63) is 99.8 Å². The number of amides is 2. The van der Waals surface area contributed by atoms with Crippen LogP contribution in [0.5, 0.6) is 0 Å². The quantitative estimate of drug-likeness (QED) is 0.442. The molecule has 0 radical (unpaired) electrons. The number of hydrogen-bond acceptors (Lipinski definition) is 4. The highest BCUT2D eigenvalue weighted by Crippen LogP contribution is 2.22. The highest BCUT2D eigenvalue weighted by atomic mass is 16.2. The molecule has 0 bridgehead atoms. The molecule has 7 nitrogen and oxygen atoms in total. The van der Waals surface area contributed by atoms with E-state index in [1.54, 1.807) is 25.1 Å². The molecule has 35 heavy (non-hydrogen) atoms. The number of para-hydroxylation sites is 2. The Bertz CT molecular complexity index is 1460. The van der Waals surface area contributed by atoms with Crippen molar-refractivity contribution in [3.8, 4) is 0 Å². The summed E-state index contributed by atoms with van der Waals surface area (Å²) in [6.07, 6.45) is 0. The van der Waals surface area contributed by atoms with Gasteiger partial charge in [-0.3, -0.25) is 23.9 Å². The molecular weight excluding hydrogens is 440 g/mol. The Morgan fingerprint density at radius 3 is 2.31 bits per heavy atom. The molecule has 0 saturated carbocycles. The molecule has 3 aromatic carbocycles. The van der Waals surface area contributed by atoms with Crippen molar-refractivity contribution in [3.63, 3.8) is 0 Å². The Hall–Kier alpha value is -4.26. The van der Waals surface area contributed by atoms with Gasteiger partial charge in [-0.25, -0.2) is 4.98 Å². The zero-order chi connectivity index (χ0) is 25.1. The predicted molar refractivity (Wildman–Crippen MR) is 139 cm³/mol. The second-order valence-electron chi connectivity index (χ2n) is 8.66. The lowest BCUT2D eigenvalue weighted by Gasteiger charge is -2.24. The Morgan fingerprint density at radius 2 is 1.63 bits per heavy atom. The summed E-state index contributed by atoms with van der Waals surface area (Å²) in [6, 6.07) is 21.4. The highest BCUT2D eigenvalue weighted by Gasteiger charge is 2.25. The van der Waals surface area contributed by atoms with Gasteiger partial charge in [-0.1, -0.05) is 54.1 Å². The molecule has 1 N–H and O–H groups in total. The third kappa shape index (κ3) is 4.99. The van der Waals surface area contributed by atoms with E-state index < -0.39 is 11.6 Å². The van der Waals surface area contributed by atoms with Crippen LogP contribution in [0.25, 0.3) is 11.0 Å². The smallest absolute Gasteiger partial charge is 0.295 e. The number of rotatable bonds is 6. The lowest BCUT2D eigenvalue weighted by atomic mass is 10.1. The van der Waals surface area contributed by atoms with Crippen molar-refractivity contribution in [1.29, 1.82) is 0 Å². The van der Waals surface area contributed by atoms with Crippen LogP contribution in [0.3, 0.4) is 0 Å². The van der Waals surface area contributed by atoms with Crippen LogP contribution in [-0.4, -0.2) is 21.4 Å². The largest absolute Gasteiger partial charge is 0.324 e. The van der Waals surface area contributed by atoms with E-state index in [-0.39, 0.29) is 24.2 Å². The number of benzene rings is 3. The maximum atomic E-state index is 13.8. The lowest BCUT2D eigenvalue weighted by molar-refractivity contribution is -0.118. The van der Waals surface area contributed by atoms with Gasteiger partial charge in [0.15, 0.2) is 0 Å². The van der Waals surface area contributed by atoms with Crippen LogP contribution in [0.4, 0.5) is 11.5 Å². The van der Waals surface area contributed by atoms with Crippen molar-refractivity contribution in [2.75, 3.05) is 10.2 Å². The van der Waals surface area contributed by atoms with E-state index in [9.17, 15) is 14.4 Å². The Morgan fingerprint density at radius 1 is 0.971 bits per heavy atom. The summed E-state index contributed by atoms with van der Waals surface area (Å²) in [5.74, 6) is -0.655. The van der Waals surface area contributed by atoms with Crippen molar-refractivity contribution < 1.29 is 9.59 Å². The molecule has 7 heteroatoms. The van der Waals surface area contributed by atoms with E-state index in [0.29, 0.717) is 16.7 Å². The maximum absolute atomic E-state index is 13.8. The second kappa shape index (κ2) is 9.93. The molecular formula is C28H28N4O3. The molecule has 0 aliphatic carbocycles. The molecule has 1 aromatic heterocycles. The summed E-state index contributed by atoms with van der Waals surface area (Å²) >= 11 is 0. The summed E-state index contributed by atoms with van der Waals surface area (Å²) < 4.78 is 1.41. The van der Waals surface area contributed by atoms with Crippen molar-refractivity contribution in [2.24, 2.45) is 0 Å². The fourth-order valence-corrected chi connectivity index (χ4v) is 4.00. The summed E-state index contributed by atoms with van der Waals surface area (Å²) in [5, 5.41) is 2.88. The third-order valence-corrected chi connectivity index (χ3v) is 6.09. The first-order chi connectivity index (χ1) is 16.8. The number of aromatic nitrogens is 2. The van der Waals surface area contributed by atoms with Gasteiger partial charge in [0.1, 0.15) is 6.04 Å². The van der Waals surface area contributed by atoms with Crippen molar-refractivity contribution in [2.45, 2.75) is 40.3 Å². The molecule has 1 heterocycles. The fourth-order valence-electron chi connectivity index (χ4n) is 4.00. The Labute approximate surface area is 204 Å². The van der Waals surface area contributed by atoms with E-state index in [4.69, 9.17) is 0 Å². The van der Waals surface area contributed by atoms with Crippen LogP contribution in [-0.2, 0) is 16.1 Å². The molecule has 4 rings (SSSR count). The van der Waals surface area contributed by atoms with E-state index >= 15 is 0 Å². The minimum absolute atomic E-state index is 0.00515. The summed E-state index contributed by atoms with van der Waals surface area (Å²) in [7, 11) is 0. The Kier molecular flexibility index (Phi) is 6.78. The molecule has 4 aromatic rings. The number of aryl methyl sites for hydroxylation is 2. The number of anilines is 2. The minimum atomic E-state index is -0.845. The van der Waals surface area contributed by atoms with Crippen molar-refractivity contribution >= 4 is 34.4 Å². The number of hydrogen-bond donors (Lipinski definition) is 1. The predicted octanol–water partition coefficient (Wildman–Crippen LogP) is 4.77. The molecule has 1 atom stereocenters. The first-order valence-electron chi connectivity index (χ1n) is 11.5. The molecule has 2 amide bonds. The number of nitrogens with zero attached hydrogens (tertiary/aromatic N) is 3. The van der Waals surface area contributed by atoms with E-state index in [2.05, 4.69) is 10.3 Å². The first-order valence-corrected chi connectivity index (χ1v) is 11.5. The average molecular weight is 469 g/mol. The van der Waals surface area contributed by atoms with Crippen LogP contribution in [0.15, 0.2) is 77.6 Å². The number of nitrogens with one attached hydrogen (secondary N) is 1. The number of carbonyl (C=O) groups excluding carboxylic acids is 2. The van der Waals surface area contributed by atoms with Gasteiger partial charge < -0.3 is 5.32 Å². The van der Waals surface area contributed by atoms with E-state index in [0.717, 1.165) is 16.7 Å². The monoisotopic (exact) mass is 468 g/mol. The Balaban J connectivity index is 1.80. The van der Waals surface area contributed by atoms with Crippen LogP contribution in [0.1, 0.15) is 36.6 Å². The zero-order valence-electron chi connectivity index (χ0n) is 20.3. The number of carbonyl (C=O) groups is 2. The highest BCUT2D eigenvalue weighted by molar-refractivity contribution is 5.95. The van der Waals surface area contributed by atoms with Gasteiger partial charge in [0.05, 0.1) is 17.6 Å². The fraction of sp³-hybridized carbons (Fsp3) is 0.214. The first kappa shape index (κ1) is 23.9. The van der Waals surface area contributed by atoms with Crippen LogP contribution in [0, 0.1) is 13.8 Å². The van der Waals surface area contributed by atoms with Crippen LogP contribution >= 0.6 is 0 Å². The van der Waals surface area contributed by atoms with Crippen LogP contribution in [0.2, 0.25) is 0 Å². The van der Waals surface area contributed by atoms with Gasteiger partial charge in [-0.05, 0) is 56.2 Å². The third-order valence-electron chi connectivity index (χ3n) is 6.09. The van der Waals surface area contributed by atoms with E-state index in [1.165, 1.54) is 16.4 Å². The normalized spacial score (nSPS) is 11.8. The summed E-state index contributed by atoms with van der Waals surface area (Å²) in [4.78, 5) is 45.6. The van der Waals surface area contributed by atoms with Gasteiger partial charge in [-0.15, -0.1) is 0 Å². The van der Waals surface area contributed by atoms with Gasteiger partial charge in [-0.2, -0.15) is 0 Å². The topological polar surface area (TPSA) is 84.3 Å². The van der Waals surface area contributed by atoms with E-state index in [1.807, 2.05) is 68.4 Å². The SMILES string of the molecule is CC(=O)N(Cc1ccccc1C)c1nc2ccccc2n(C(C)C(=O)Nc2ccc(C)cc2)c1=O. The standard InChI is InChI=1S/C28H28N4O3/c1-18-13-15-23(16-14-18)29-27(34)20(3)32-25-12-8-7-11-24(25)30-26(28(32)35)31(21(4)33)17-22-10-6-5-9-19(22)2/h5-16,20H,17H2,1-4H3,(H,29,34). The average Bonchev–Trinajstić information content (AvgIpc) is 2.84. The molecule has 0 saturated heterocycles. The maximum Gasteiger partial charge on any atom is 0.295 e. The molecule has 0 aliphatic rings.